The molecule has 0 radical (unpaired) electrons. The molecule has 0 aliphatic carbocycles. The number of hydrogen-bond acceptors (Lipinski definition) is 2. The van der Waals surface area contributed by atoms with Crippen molar-refractivity contribution in [2.45, 2.75) is 39.4 Å². The molecule has 0 unspecified atom stereocenters. The van der Waals surface area contributed by atoms with E-state index in [0.717, 1.165) is 5.57 Å². The zero-order valence-electron chi connectivity index (χ0n) is 8.70. The fraction of sp³-hybridized carbons (Fsp3) is 0.636. The lowest BCUT2D eigenvalue weighted by atomic mass is 9.96. The Hall–Kier alpha value is -0.600. The van der Waals surface area contributed by atoms with Crippen LogP contribution in [0.3, 0.4) is 0 Å². The van der Waals surface area contributed by atoms with Gasteiger partial charge in [-0.05, 0) is 25.3 Å². The largest absolute Gasteiger partial charge is 0.392 e. The third-order valence-corrected chi connectivity index (χ3v) is 2.42. The van der Waals surface area contributed by atoms with Gasteiger partial charge in [0.05, 0.1) is 12.2 Å². The SMILES string of the molecule is C=C[C@H](C)[C@H](O)C[C@@H](O)/C(C)=C/C. The first kappa shape index (κ1) is 12.4. The maximum Gasteiger partial charge on any atom is 0.0772 e. The molecular weight excluding hydrogens is 164 g/mol. The van der Waals surface area contributed by atoms with Crippen molar-refractivity contribution in [3.8, 4) is 0 Å². The van der Waals surface area contributed by atoms with E-state index in [1.54, 1.807) is 6.08 Å². The molecule has 2 N–H and O–H groups in total. The van der Waals surface area contributed by atoms with Gasteiger partial charge in [-0.1, -0.05) is 19.1 Å². The average Bonchev–Trinajstić information content (AvgIpc) is 2.14. The van der Waals surface area contributed by atoms with Crippen LogP contribution < -0.4 is 0 Å². The van der Waals surface area contributed by atoms with Gasteiger partial charge in [0.25, 0.3) is 0 Å². The van der Waals surface area contributed by atoms with Gasteiger partial charge in [0, 0.05) is 6.42 Å². The molecule has 2 nitrogen and oxygen atoms in total. The van der Waals surface area contributed by atoms with Gasteiger partial charge in [-0.3, -0.25) is 0 Å². The second-order valence-corrected chi connectivity index (χ2v) is 3.45. The van der Waals surface area contributed by atoms with E-state index in [9.17, 15) is 10.2 Å². The number of aliphatic hydroxyl groups is 2. The molecule has 2 heteroatoms. The first-order valence-electron chi connectivity index (χ1n) is 4.64. The second kappa shape index (κ2) is 5.95. The lowest BCUT2D eigenvalue weighted by molar-refractivity contribution is 0.0755. The normalized spacial score (nSPS) is 19.3. The van der Waals surface area contributed by atoms with Crippen LogP contribution in [0.15, 0.2) is 24.3 Å². The predicted octanol–water partition coefficient (Wildman–Crippen LogP) is 1.89. The van der Waals surface area contributed by atoms with Gasteiger partial charge >= 0.3 is 0 Å². The molecule has 0 amide bonds. The highest BCUT2D eigenvalue weighted by Crippen LogP contribution is 2.14. The summed E-state index contributed by atoms with van der Waals surface area (Å²) in [5.41, 5.74) is 0.898. The van der Waals surface area contributed by atoms with E-state index >= 15 is 0 Å². The van der Waals surface area contributed by atoms with Crippen LogP contribution in [-0.4, -0.2) is 22.4 Å². The van der Waals surface area contributed by atoms with Crippen LogP contribution in [0.1, 0.15) is 27.2 Å². The highest BCUT2D eigenvalue weighted by Gasteiger charge is 2.16. The number of hydrogen-bond donors (Lipinski definition) is 2. The highest BCUT2D eigenvalue weighted by atomic mass is 16.3. The van der Waals surface area contributed by atoms with E-state index < -0.39 is 12.2 Å². The molecule has 76 valence electrons. The Bertz CT molecular complexity index is 185. The molecule has 0 fully saturated rings. The van der Waals surface area contributed by atoms with Crippen molar-refractivity contribution in [1.82, 2.24) is 0 Å². The van der Waals surface area contributed by atoms with E-state index in [1.165, 1.54) is 0 Å². The van der Waals surface area contributed by atoms with Crippen LogP contribution in [0, 0.1) is 5.92 Å². The maximum absolute atomic E-state index is 9.57. The molecule has 0 aromatic heterocycles. The average molecular weight is 184 g/mol. The number of aliphatic hydroxyl groups excluding tert-OH is 2. The number of allylic oxidation sites excluding steroid dienone is 1. The van der Waals surface area contributed by atoms with Crippen molar-refractivity contribution in [1.29, 1.82) is 0 Å². The smallest absolute Gasteiger partial charge is 0.0772 e. The van der Waals surface area contributed by atoms with Gasteiger partial charge in [-0.2, -0.15) is 0 Å². The first-order chi connectivity index (χ1) is 6.02. The summed E-state index contributed by atoms with van der Waals surface area (Å²) in [5, 5.41) is 19.1. The molecule has 0 bridgehead atoms. The quantitative estimate of drug-likeness (QED) is 0.640. The summed E-state index contributed by atoms with van der Waals surface area (Å²) in [6, 6.07) is 0. The minimum Gasteiger partial charge on any atom is -0.392 e. The van der Waals surface area contributed by atoms with Crippen LogP contribution in [0.2, 0.25) is 0 Å². The molecule has 0 aliphatic rings. The zero-order valence-corrected chi connectivity index (χ0v) is 8.70. The van der Waals surface area contributed by atoms with Gasteiger partial charge in [-0.25, -0.2) is 0 Å². The van der Waals surface area contributed by atoms with Gasteiger partial charge in [-0.15, -0.1) is 6.58 Å². The molecule has 0 heterocycles. The topological polar surface area (TPSA) is 40.5 Å². The molecule has 0 aromatic carbocycles. The van der Waals surface area contributed by atoms with Crippen molar-refractivity contribution >= 4 is 0 Å². The molecular formula is C11H20O2. The van der Waals surface area contributed by atoms with Crippen molar-refractivity contribution < 1.29 is 10.2 Å². The standard InChI is InChI=1S/C11H20O2/c1-5-8(3)10(12)7-11(13)9(4)6-2/h5-6,8,10-13H,1,7H2,2-4H3/b9-6+/t8-,10+,11+/m0/s1. The fourth-order valence-electron chi connectivity index (χ4n) is 0.979. The summed E-state index contributed by atoms with van der Waals surface area (Å²) in [4.78, 5) is 0. The third-order valence-electron chi connectivity index (χ3n) is 2.42. The van der Waals surface area contributed by atoms with E-state index in [1.807, 2.05) is 26.8 Å². The van der Waals surface area contributed by atoms with E-state index in [-0.39, 0.29) is 5.92 Å². The molecule has 0 aromatic rings. The summed E-state index contributed by atoms with van der Waals surface area (Å²) in [7, 11) is 0. The minimum absolute atomic E-state index is 0.0271. The first-order valence-corrected chi connectivity index (χ1v) is 4.64. The van der Waals surface area contributed by atoms with Crippen molar-refractivity contribution in [3.63, 3.8) is 0 Å². The van der Waals surface area contributed by atoms with Crippen LogP contribution in [0.5, 0.6) is 0 Å². The Balaban J connectivity index is 4.05. The molecule has 0 saturated carbocycles. The monoisotopic (exact) mass is 184 g/mol. The number of rotatable bonds is 5. The van der Waals surface area contributed by atoms with E-state index in [0.29, 0.717) is 6.42 Å². The Kier molecular flexibility index (Phi) is 5.67. The van der Waals surface area contributed by atoms with E-state index in [2.05, 4.69) is 6.58 Å². The molecule has 0 rings (SSSR count). The van der Waals surface area contributed by atoms with Crippen LogP contribution in [0.25, 0.3) is 0 Å². The summed E-state index contributed by atoms with van der Waals surface area (Å²) in [6.45, 7) is 9.22. The third kappa shape index (κ3) is 4.25. The van der Waals surface area contributed by atoms with Crippen LogP contribution in [0.4, 0.5) is 0 Å². The Labute approximate surface area is 80.6 Å². The van der Waals surface area contributed by atoms with Gasteiger partial charge in [0.2, 0.25) is 0 Å². The molecule has 0 saturated heterocycles. The van der Waals surface area contributed by atoms with E-state index in [4.69, 9.17) is 0 Å². The second-order valence-electron chi connectivity index (χ2n) is 3.45. The Morgan fingerprint density at radius 3 is 2.38 bits per heavy atom. The molecule has 0 spiro atoms. The molecule has 0 aliphatic heterocycles. The summed E-state index contributed by atoms with van der Waals surface area (Å²) < 4.78 is 0. The summed E-state index contributed by atoms with van der Waals surface area (Å²) in [6.07, 6.45) is 2.88. The zero-order chi connectivity index (χ0) is 10.4. The Morgan fingerprint density at radius 1 is 1.46 bits per heavy atom. The lowest BCUT2D eigenvalue weighted by Gasteiger charge is -2.19. The lowest BCUT2D eigenvalue weighted by Crippen LogP contribution is -2.23. The van der Waals surface area contributed by atoms with Crippen LogP contribution >= 0.6 is 0 Å². The van der Waals surface area contributed by atoms with Crippen LogP contribution in [-0.2, 0) is 0 Å². The summed E-state index contributed by atoms with van der Waals surface area (Å²) in [5.74, 6) is 0.0271. The van der Waals surface area contributed by atoms with Crippen molar-refractivity contribution in [3.05, 3.63) is 24.3 Å². The summed E-state index contributed by atoms with van der Waals surface area (Å²) >= 11 is 0. The molecule has 3 atom stereocenters. The predicted molar refractivity (Wildman–Crippen MR) is 55.4 cm³/mol. The molecule has 13 heavy (non-hydrogen) atoms. The van der Waals surface area contributed by atoms with Gasteiger partial charge < -0.3 is 10.2 Å². The highest BCUT2D eigenvalue weighted by molar-refractivity contribution is 5.03. The minimum atomic E-state index is -0.539. The van der Waals surface area contributed by atoms with Crippen molar-refractivity contribution in [2.24, 2.45) is 5.92 Å². The van der Waals surface area contributed by atoms with Gasteiger partial charge in [0.1, 0.15) is 0 Å². The van der Waals surface area contributed by atoms with Crippen molar-refractivity contribution in [2.75, 3.05) is 0 Å². The fourth-order valence-corrected chi connectivity index (χ4v) is 0.979. The Morgan fingerprint density at radius 2 is 2.00 bits per heavy atom. The maximum atomic E-state index is 9.57. The van der Waals surface area contributed by atoms with Gasteiger partial charge in [0.15, 0.2) is 0 Å².